The molecule has 1 aliphatic rings. The molecule has 98 valence electrons. The van der Waals surface area contributed by atoms with Gasteiger partial charge in [-0.1, -0.05) is 6.92 Å². The predicted octanol–water partition coefficient (Wildman–Crippen LogP) is 0.982. The number of carbonyl (C=O) groups is 2. The number of carbonyl (C=O) groups excluding carboxylic acids is 1. The van der Waals surface area contributed by atoms with Crippen molar-refractivity contribution in [3.63, 3.8) is 0 Å². The van der Waals surface area contributed by atoms with Gasteiger partial charge in [-0.15, -0.1) is 0 Å². The summed E-state index contributed by atoms with van der Waals surface area (Å²) in [5.41, 5.74) is 0. The Morgan fingerprint density at radius 1 is 1.41 bits per heavy atom. The molecule has 0 aromatic heterocycles. The predicted molar refractivity (Wildman–Crippen MR) is 62.6 cm³/mol. The van der Waals surface area contributed by atoms with Crippen LogP contribution in [0.4, 0.5) is 0 Å². The summed E-state index contributed by atoms with van der Waals surface area (Å²) in [5, 5.41) is 9.01. The van der Waals surface area contributed by atoms with Crippen molar-refractivity contribution in [3.05, 3.63) is 0 Å². The number of ether oxygens (including phenoxy) is 1. The molecule has 5 heteroatoms. The first kappa shape index (κ1) is 14.0. The van der Waals surface area contributed by atoms with Crippen molar-refractivity contribution in [2.45, 2.75) is 26.2 Å². The van der Waals surface area contributed by atoms with Crippen LogP contribution in [-0.2, 0) is 14.3 Å². The second kappa shape index (κ2) is 6.59. The molecule has 2 unspecified atom stereocenters. The van der Waals surface area contributed by atoms with E-state index in [1.165, 1.54) is 0 Å². The molecule has 0 radical (unpaired) electrons. The molecule has 1 rings (SSSR count). The molecule has 0 bridgehead atoms. The van der Waals surface area contributed by atoms with E-state index in [1.54, 1.807) is 12.0 Å². The first-order chi connectivity index (χ1) is 8.04. The molecular weight excluding hydrogens is 222 g/mol. The molecule has 1 fully saturated rings. The van der Waals surface area contributed by atoms with E-state index >= 15 is 0 Å². The van der Waals surface area contributed by atoms with Gasteiger partial charge in [0.05, 0.1) is 5.92 Å². The van der Waals surface area contributed by atoms with Crippen LogP contribution in [0.25, 0.3) is 0 Å². The zero-order valence-corrected chi connectivity index (χ0v) is 10.5. The van der Waals surface area contributed by atoms with Crippen molar-refractivity contribution in [3.8, 4) is 0 Å². The molecular formula is C12H21NO4. The molecule has 0 spiro atoms. The zero-order valence-electron chi connectivity index (χ0n) is 10.5. The zero-order chi connectivity index (χ0) is 12.8. The van der Waals surface area contributed by atoms with E-state index < -0.39 is 11.9 Å². The topological polar surface area (TPSA) is 66.8 Å². The lowest BCUT2D eigenvalue weighted by atomic mass is 9.90. The summed E-state index contributed by atoms with van der Waals surface area (Å²) in [7, 11) is 1.61. The highest BCUT2D eigenvalue weighted by molar-refractivity contribution is 5.78. The number of nitrogens with zero attached hydrogens (tertiary/aromatic N) is 1. The Morgan fingerprint density at radius 3 is 2.71 bits per heavy atom. The Hall–Kier alpha value is -1.10. The number of carboxylic acid groups (broad SMARTS) is 1. The highest BCUT2D eigenvalue weighted by Gasteiger charge is 2.31. The molecule has 1 aliphatic heterocycles. The molecule has 0 aromatic rings. The molecule has 1 amide bonds. The Kier molecular flexibility index (Phi) is 5.41. The van der Waals surface area contributed by atoms with Crippen LogP contribution in [0.15, 0.2) is 0 Å². The SMILES string of the molecule is COCCCC(=O)N1CC(C)CC(C(=O)O)C1. The molecule has 1 heterocycles. The maximum Gasteiger partial charge on any atom is 0.308 e. The average molecular weight is 243 g/mol. The van der Waals surface area contributed by atoms with Crippen molar-refractivity contribution in [2.75, 3.05) is 26.8 Å². The van der Waals surface area contributed by atoms with E-state index in [0.29, 0.717) is 39.0 Å². The smallest absolute Gasteiger partial charge is 0.308 e. The van der Waals surface area contributed by atoms with E-state index in [9.17, 15) is 9.59 Å². The minimum Gasteiger partial charge on any atom is -0.481 e. The summed E-state index contributed by atoms with van der Waals surface area (Å²) < 4.78 is 4.90. The fourth-order valence-corrected chi connectivity index (χ4v) is 2.26. The molecule has 1 N–H and O–H groups in total. The summed E-state index contributed by atoms with van der Waals surface area (Å²) in [6.07, 6.45) is 1.79. The Labute approximate surface area is 102 Å². The van der Waals surface area contributed by atoms with Crippen LogP contribution < -0.4 is 0 Å². The van der Waals surface area contributed by atoms with Crippen molar-refractivity contribution in [1.82, 2.24) is 4.90 Å². The van der Waals surface area contributed by atoms with Gasteiger partial charge < -0.3 is 14.7 Å². The van der Waals surface area contributed by atoms with Gasteiger partial charge in [0, 0.05) is 33.2 Å². The number of piperidine rings is 1. The first-order valence-electron chi connectivity index (χ1n) is 6.04. The third kappa shape index (κ3) is 4.34. The second-order valence-corrected chi connectivity index (χ2v) is 4.77. The maximum absolute atomic E-state index is 11.9. The summed E-state index contributed by atoms with van der Waals surface area (Å²) in [5.74, 6) is -0.910. The fourth-order valence-electron chi connectivity index (χ4n) is 2.26. The normalized spacial score (nSPS) is 24.7. The van der Waals surface area contributed by atoms with Gasteiger partial charge in [0.25, 0.3) is 0 Å². The molecule has 5 nitrogen and oxygen atoms in total. The quantitative estimate of drug-likeness (QED) is 0.731. The number of aliphatic carboxylic acids is 1. The van der Waals surface area contributed by atoms with Crippen molar-refractivity contribution in [1.29, 1.82) is 0 Å². The van der Waals surface area contributed by atoms with E-state index in [0.717, 1.165) is 0 Å². The highest BCUT2D eigenvalue weighted by atomic mass is 16.5. The molecule has 0 saturated carbocycles. The van der Waals surface area contributed by atoms with Crippen molar-refractivity contribution >= 4 is 11.9 Å². The molecule has 0 aromatic carbocycles. The third-order valence-electron chi connectivity index (χ3n) is 3.10. The van der Waals surface area contributed by atoms with Crippen LogP contribution in [0.3, 0.4) is 0 Å². The van der Waals surface area contributed by atoms with Gasteiger partial charge in [-0.3, -0.25) is 9.59 Å². The van der Waals surface area contributed by atoms with Gasteiger partial charge in [0.2, 0.25) is 5.91 Å². The number of rotatable bonds is 5. The first-order valence-corrected chi connectivity index (χ1v) is 6.04. The minimum atomic E-state index is -0.800. The van der Waals surface area contributed by atoms with Gasteiger partial charge >= 0.3 is 5.97 Å². The van der Waals surface area contributed by atoms with Gasteiger partial charge in [-0.2, -0.15) is 0 Å². The van der Waals surface area contributed by atoms with Crippen LogP contribution in [-0.4, -0.2) is 48.7 Å². The Balaban J connectivity index is 2.46. The van der Waals surface area contributed by atoms with Crippen LogP contribution >= 0.6 is 0 Å². The monoisotopic (exact) mass is 243 g/mol. The summed E-state index contributed by atoms with van der Waals surface area (Å²) in [6, 6.07) is 0. The van der Waals surface area contributed by atoms with Crippen LogP contribution in [0.1, 0.15) is 26.2 Å². The summed E-state index contributed by atoms with van der Waals surface area (Å²) in [6.45, 7) is 3.59. The number of methoxy groups -OCH3 is 1. The van der Waals surface area contributed by atoms with E-state index in [-0.39, 0.29) is 11.8 Å². The average Bonchev–Trinajstić information content (AvgIpc) is 2.28. The summed E-state index contributed by atoms with van der Waals surface area (Å²) in [4.78, 5) is 24.5. The second-order valence-electron chi connectivity index (χ2n) is 4.77. The van der Waals surface area contributed by atoms with E-state index in [1.807, 2.05) is 6.92 Å². The van der Waals surface area contributed by atoms with Crippen molar-refractivity contribution in [2.24, 2.45) is 11.8 Å². The lowest BCUT2D eigenvalue weighted by Gasteiger charge is -2.34. The van der Waals surface area contributed by atoms with Crippen LogP contribution in [0.2, 0.25) is 0 Å². The number of likely N-dealkylation sites (tertiary alicyclic amines) is 1. The lowest BCUT2D eigenvalue weighted by molar-refractivity contribution is -0.147. The van der Waals surface area contributed by atoms with Crippen molar-refractivity contribution < 1.29 is 19.4 Å². The molecule has 17 heavy (non-hydrogen) atoms. The van der Waals surface area contributed by atoms with Crippen LogP contribution in [0, 0.1) is 11.8 Å². The standard InChI is InChI=1S/C12H21NO4/c1-9-6-10(12(15)16)8-13(7-9)11(14)4-3-5-17-2/h9-10H,3-8H2,1-2H3,(H,15,16). The van der Waals surface area contributed by atoms with Gasteiger partial charge in [-0.05, 0) is 18.8 Å². The maximum atomic E-state index is 11.9. The third-order valence-corrected chi connectivity index (χ3v) is 3.10. The molecule has 0 aliphatic carbocycles. The van der Waals surface area contributed by atoms with Gasteiger partial charge in [-0.25, -0.2) is 0 Å². The largest absolute Gasteiger partial charge is 0.481 e. The lowest BCUT2D eigenvalue weighted by Crippen LogP contribution is -2.45. The van der Waals surface area contributed by atoms with Crippen LogP contribution in [0.5, 0.6) is 0 Å². The number of hydrogen-bond acceptors (Lipinski definition) is 3. The number of hydrogen-bond donors (Lipinski definition) is 1. The van der Waals surface area contributed by atoms with Gasteiger partial charge in [0.1, 0.15) is 0 Å². The fraction of sp³-hybridized carbons (Fsp3) is 0.833. The summed E-state index contributed by atoms with van der Waals surface area (Å²) >= 11 is 0. The molecule has 1 saturated heterocycles. The molecule has 2 atom stereocenters. The van der Waals surface area contributed by atoms with Gasteiger partial charge in [0.15, 0.2) is 0 Å². The number of carboxylic acids is 1. The van der Waals surface area contributed by atoms with E-state index in [2.05, 4.69) is 0 Å². The highest BCUT2D eigenvalue weighted by Crippen LogP contribution is 2.22. The van der Waals surface area contributed by atoms with E-state index in [4.69, 9.17) is 9.84 Å². The minimum absolute atomic E-state index is 0.0415. The Morgan fingerprint density at radius 2 is 2.12 bits per heavy atom. The number of amides is 1. The Bertz CT molecular complexity index is 280.